The summed E-state index contributed by atoms with van der Waals surface area (Å²) in [5.41, 5.74) is 0. The fourth-order valence-corrected chi connectivity index (χ4v) is 7.91. The van der Waals surface area contributed by atoms with Gasteiger partial charge in [0.05, 0.1) is 6.61 Å². The monoisotopic (exact) mass is 650 g/mol. The molecular formula is C36H79NO6Si. The van der Waals surface area contributed by atoms with Crippen LogP contribution >= 0.6 is 0 Å². The van der Waals surface area contributed by atoms with Crippen LogP contribution in [0, 0.1) is 0 Å². The van der Waals surface area contributed by atoms with Gasteiger partial charge in [-0.05, 0) is 33.6 Å². The first-order chi connectivity index (χ1) is 20.6. The van der Waals surface area contributed by atoms with E-state index < -0.39 is 14.9 Å². The Kier molecular flexibility index (Phi) is 41.8. The van der Waals surface area contributed by atoms with Gasteiger partial charge in [0, 0.05) is 39.0 Å². The third kappa shape index (κ3) is 32.7. The maximum atomic E-state index is 11.9. The lowest BCUT2D eigenvalue weighted by Crippen LogP contribution is -2.46. The van der Waals surface area contributed by atoms with Crippen molar-refractivity contribution in [3.63, 3.8) is 0 Å². The van der Waals surface area contributed by atoms with Gasteiger partial charge in [-0.25, -0.2) is 4.79 Å². The van der Waals surface area contributed by atoms with Gasteiger partial charge in [-0.15, -0.1) is 0 Å². The Hall–Kier alpha value is -0.673. The van der Waals surface area contributed by atoms with Crippen molar-refractivity contribution in [2.24, 2.45) is 0 Å². The second-order valence-electron chi connectivity index (χ2n) is 11.5. The van der Waals surface area contributed by atoms with Gasteiger partial charge in [0.15, 0.2) is 0 Å². The molecule has 0 aromatic heterocycles. The Morgan fingerprint density at radius 3 is 1.27 bits per heavy atom. The molecular weight excluding hydrogens is 570 g/mol. The maximum absolute atomic E-state index is 11.9. The number of carbonyl (C=O) groups excluding carboxylic acids is 1. The lowest BCUT2D eigenvalue weighted by Gasteiger charge is -2.28. The van der Waals surface area contributed by atoms with Crippen LogP contribution in [0.5, 0.6) is 0 Å². The number of alkyl carbamates (subject to hydrolysis) is 1. The average molecular weight is 650 g/mol. The van der Waals surface area contributed by atoms with E-state index in [1.54, 1.807) is 0 Å². The van der Waals surface area contributed by atoms with Crippen molar-refractivity contribution < 1.29 is 27.5 Å². The van der Waals surface area contributed by atoms with Crippen LogP contribution in [-0.4, -0.2) is 61.1 Å². The van der Waals surface area contributed by atoms with Crippen molar-refractivity contribution in [3.8, 4) is 0 Å². The van der Waals surface area contributed by atoms with Crippen molar-refractivity contribution >= 4 is 14.9 Å². The number of nitrogens with one attached hydrogen (secondary N) is 1. The molecule has 0 atom stereocenters. The van der Waals surface area contributed by atoms with Gasteiger partial charge in [-0.2, -0.15) is 0 Å². The molecule has 0 aliphatic carbocycles. The van der Waals surface area contributed by atoms with E-state index in [1.165, 1.54) is 122 Å². The van der Waals surface area contributed by atoms with Gasteiger partial charge in [0.1, 0.15) is 6.61 Å². The molecule has 0 bridgehead atoms. The summed E-state index contributed by atoms with van der Waals surface area (Å²) in [4.78, 5) is 11.9. The highest BCUT2D eigenvalue weighted by molar-refractivity contribution is 6.60. The first-order valence-electron chi connectivity index (χ1n) is 18.0. The van der Waals surface area contributed by atoms with E-state index in [0.717, 1.165) is 19.4 Å². The average Bonchev–Trinajstić information content (AvgIpc) is 2.98. The van der Waals surface area contributed by atoms with Gasteiger partial charge in [0.2, 0.25) is 0 Å². The predicted octanol–water partition coefficient (Wildman–Crippen LogP) is 11.3. The maximum Gasteiger partial charge on any atom is 0.500 e. The van der Waals surface area contributed by atoms with Crippen molar-refractivity contribution in [3.05, 3.63) is 0 Å². The summed E-state index contributed by atoms with van der Waals surface area (Å²) in [7, 11) is -2.65. The molecule has 1 amide bonds. The highest BCUT2D eigenvalue weighted by Gasteiger charge is 2.39. The Labute approximate surface area is 277 Å². The Morgan fingerprint density at radius 2 is 0.886 bits per heavy atom. The molecule has 0 rings (SSSR count). The fourth-order valence-electron chi connectivity index (χ4n) is 5.30. The Bertz CT molecular complexity index is 538. The standard InChI is InChI=1S/C34H71NO6Si.2CH4/c1-5-9-10-11-12-13-14-15-16-17-18-19-20-21-22-23-24-25-26-27-30-37-31-32-38-34(36)35-29-28-33-42(39-6-2,40-7-3)41-8-4;;/h5-33H2,1-4H3,(H,35,36);2*1H4. The number of unbranched alkanes of at least 4 members (excludes halogenated alkanes) is 19. The molecule has 0 aromatic carbocycles. The summed E-state index contributed by atoms with van der Waals surface area (Å²) >= 11 is 0. The molecule has 1 N–H and O–H groups in total. The van der Waals surface area contributed by atoms with Gasteiger partial charge >= 0.3 is 14.9 Å². The molecule has 0 aromatic rings. The number of ether oxygens (including phenoxy) is 2. The number of rotatable bonds is 34. The van der Waals surface area contributed by atoms with Crippen molar-refractivity contribution in [1.29, 1.82) is 0 Å². The van der Waals surface area contributed by atoms with Gasteiger partial charge in [-0.3, -0.25) is 0 Å². The van der Waals surface area contributed by atoms with Gasteiger partial charge < -0.3 is 28.1 Å². The lowest BCUT2D eigenvalue weighted by molar-refractivity contribution is 0.0683. The van der Waals surface area contributed by atoms with E-state index in [2.05, 4.69) is 12.2 Å². The zero-order valence-electron chi connectivity index (χ0n) is 28.5. The van der Waals surface area contributed by atoms with Crippen LogP contribution in [0.2, 0.25) is 6.04 Å². The summed E-state index contributed by atoms with van der Waals surface area (Å²) in [6, 6.07) is 0.672. The summed E-state index contributed by atoms with van der Waals surface area (Å²) in [6.07, 6.45) is 28.1. The summed E-state index contributed by atoms with van der Waals surface area (Å²) in [6.45, 7) is 11.8. The molecule has 0 saturated heterocycles. The van der Waals surface area contributed by atoms with E-state index in [1.807, 2.05) is 20.8 Å². The second-order valence-corrected chi connectivity index (χ2v) is 14.2. The summed E-state index contributed by atoms with van der Waals surface area (Å²) in [5, 5.41) is 2.79. The highest BCUT2D eigenvalue weighted by Crippen LogP contribution is 2.18. The number of hydrogen-bond donors (Lipinski definition) is 1. The van der Waals surface area contributed by atoms with E-state index in [4.69, 9.17) is 22.8 Å². The number of carbonyl (C=O) groups is 1. The molecule has 0 fully saturated rings. The van der Waals surface area contributed by atoms with Crippen LogP contribution in [0.15, 0.2) is 0 Å². The second kappa shape index (κ2) is 38.5. The van der Waals surface area contributed by atoms with E-state index >= 15 is 0 Å². The minimum absolute atomic E-state index is 0. The molecule has 0 spiro atoms. The highest BCUT2D eigenvalue weighted by atomic mass is 28.4. The third-order valence-electron chi connectivity index (χ3n) is 7.62. The predicted molar refractivity (Wildman–Crippen MR) is 192 cm³/mol. The van der Waals surface area contributed by atoms with Crippen molar-refractivity contribution in [2.45, 2.75) is 183 Å². The van der Waals surface area contributed by atoms with Crippen LogP contribution in [0.3, 0.4) is 0 Å². The van der Waals surface area contributed by atoms with Crippen LogP contribution in [0.4, 0.5) is 4.79 Å². The third-order valence-corrected chi connectivity index (χ3v) is 10.8. The fraction of sp³-hybridized carbons (Fsp3) is 0.972. The SMILES string of the molecule is C.C.CCCCCCCCCCCCCCCCCCCCCCOCCOC(=O)NCCC[Si](OCC)(OCC)OCC. The topological polar surface area (TPSA) is 75.3 Å². The molecule has 0 heterocycles. The van der Waals surface area contributed by atoms with Crippen molar-refractivity contribution in [2.75, 3.05) is 46.2 Å². The lowest BCUT2D eigenvalue weighted by atomic mass is 10.0. The molecule has 7 nitrogen and oxygen atoms in total. The van der Waals surface area contributed by atoms with Crippen molar-refractivity contribution in [1.82, 2.24) is 5.32 Å². The summed E-state index contributed by atoms with van der Waals surface area (Å²) < 4.78 is 28.3. The normalized spacial score (nSPS) is 11.2. The number of hydrogen-bond acceptors (Lipinski definition) is 6. The molecule has 44 heavy (non-hydrogen) atoms. The van der Waals surface area contributed by atoms with Gasteiger partial charge in [0.25, 0.3) is 0 Å². The zero-order valence-corrected chi connectivity index (χ0v) is 29.5. The Morgan fingerprint density at radius 1 is 0.500 bits per heavy atom. The van der Waals surface area contributed by atoms with Crippen LogP contribution < -0.4 is 5.32 Å². The molecule has 0 saturated carbocycles. The molecule has 0 radical (unpaired) electrons. The minimum atomic E-state index is -2.65. The van der Waals surface area contributed by atoms with E-state index in [9.17, 15) is 4.79 Å². The van der Waals surface area contributed by atoms with E-state index in [-0.39, 0.29) is 21.5 Å². The van der Waals surface area contributed by atoms with Gasteiger partial charge in [-0.1, -0.05) is 144 Å². The van der Waals surface area contributed by atoms with Crippen LogP contribution in [0.25, 0.3) is 0 Å². The quantitative estimate of drug-likeness (QED) is 0.0552. The molecule has 0 unspecified atom stereocenters. The smallest absolute Gasteiger partial charge is 0.447 e. The first kappa shape index (κ1) is 47.7. The molecule has 0 aliphatic rings. The van der Waals surface area contributed by atoms with Crippen LogP contribution in [0.1, 0.15) is 177 Å². The zero-order chi connectivity index (χ0) is 30.8. The minimum Gasteiger partial charge on any atom is -0.447 e. The van der Waals surface area contributed by atoms with E-state index in [0.29, 0.717) is 39.0 Å². The molecule has 0 aliphatic heterocycles. The Balaban J connectivity index is -0.00000840. The first-order valence-corrected chi connectivity index (χ1v) is 20.0. The largest absolute Gasteiger partial charge is 0.500 e. The number of amides is 1. The molecule has 8 heteroatoms. The van der Waals surface area contributed by atoms with Crippen LogP contribution in [-0.2, 0) is 22.8 Å². The molecule has 268 valence electrons. The summed E-state index contributed by atoms with van der Waals surface area (Å²) in [5.74, 6) is 0.